The summed E-state index contributed by atoms with van der Waals surface area (Å²) in [6, 6.07) is 0. The van der Waals surface area contributed by atoms with E-state index in [2.05, 4.69) is 6.92 Å². The fourth-order valence-corrected chi connectivity index (χ4v) is 3.42. The predicted octanol–water partition coefficient (Wildman–Crippen LogP) is 3.21. The van der Waals surface area contributed by atoms with Crippen LogP contribution < -0.4 is 0 Å². The second kappa shape index (κ2) is 3.25. The number of carboxylic acid groups (broad SMARTS) is 1. The molecule has 2 nitrogen and oxygen atoms in total. The van der Waals surface area contributed by atoms with Gasteiger partial charge in [0, 0.05) is 0 Å². The summed E-state index contributed by atoms with van der Waals surface area (Å²) in [4.78, 5) is 11.4. The van der Waals surface area contributed by atoms with Crippen LogP contribution in [0.25, 0.3) is 0 Å². The van der Waals surface area contributed by atoms with Crippen molar-refractivity contribution < 1.29 is 9.90 Å². The van der Waals surface area contributed by atoms with Gasteiger partial charge in [0.2, 0.25) is 0 Å². The topological polar surface area (TPSA) is 37.3 Å². The van der Waals surface area contributed by atoms with Crippen molar-refractivity contribution in [3.05, 3.63) is 0 Å². The highest BCUT2D eigenvalue weighted by atomic mass is 16.4. The Bertz CT molecular complexity index is 235. The Morgan fingerprint density at radius 3 is 1.93 bits per heavy atom. The Labute approximate surface area is 85.7 Å². The van der Waals surface area contributed by atoms with Gasteiger partial charge in [-0.2, -0.15) is 0 Å². The van der Waals surface area contributed by atoms with E-state index in [9.17, 15) is 9.90 Å². The molecule has 14 heavy (non-hydrogen) atoms. The molecular weight excluding hydrogens is 176 g/mol. The van der Waals surface area contributed by atoms with Gasteiger partial charge in [0.05, 0.1) is 5.41 Å². The molecule has 0 spiro atoms. The molecule has 0 aliphatic heterocycles. The molecule has 2 aliphatic carbocycles. The molecule has 2 saturated carbocycles. The highest BCUT2D eigenvalue weighted by Crippen LogP contribution is 2.59. The van der Waals surface area contributed by atoms with Crippen molar-refractivity contribution in [1.82, 2.24) is 0 Å². The molecule has 0 saturated heterocycles. The summed E-state index contributed by atoms with van der Waals surface area (Å²) in [6.45, 7) is 2.21. The van der Waals surface area contributed by atoms with Gasteiger partial charge in [0.15, 0.2) is 0 Å². The molecule has 2 fully saturated rings. The number of rotatable bonds is 2. The van der Waals surface area contributed by atoms with E-state index < -0.39 is 5.97 Å². The third-order valence-corrected chi connectivity index (χ3v) is 4.73. The Hall–Kier alpha value is -0.530. The Balaban J connectivity index is 2.21. The van der Waals surface area contributed by atoms with E-state index in [1.807, 2.05) is 0 Å². The van der Waals surface area contributed by atoms with Crippen LogP contribution in [0.5, 0.6) is 0 Å². The first-order chi connectivity index (χ1) is 6.61. The van der Waals surface area contributed by atoms with Crippen LogP contribution in [0.1, 0.15) is 58.3 Å². The molecule has 0 atom stereocenters. The molecule has 0 aromatic heterocycles. The monoisotopic (exact) mass is 196 g/mol. The van der Waals surface area contributed by atoms with Crippen molar-refractivity contribution in [2.24, 2.45) is 10.8 Å². The molecule has 1 N–H and O–H groups in total. The van der Waals surface area contributed by atoms with Crippen molar-refractivity contribution in [3.8, 4) is 0 Å². The van der Waals surface area contributed by atoms with Crippen LogP contribution in [0.2, 0.25) is 0 Å². The minimum Gasteiger partial charge on any atom is -0.481 e. The van der Waals surface area contributed by atoms with E-state index >= 15 is 0 Å². The summed E-state index contributed by atoms with van der Waals surface area (Å²) in [7, 11) is 0. The van der Waals surface area contributed by atoms with Crippen LogP contribution >= 0.6 is 0 Å². The van der Waals surface area contributed by atoms with Gasteiger partial charge < -0.3 is 5.11 Å². The normalized spacial score (nSPS) is 29.2. The van der Waals surface area contributed by atoms with Crippen molar-refractivity contribution >= 4 is 5.97 Å². The van der Waals surface area contributed by atoms with Gasteiger partial charge in [0.25, 0.3) is 0 Å². The van der Waals surface area contributed by atoms with Gasteiger partial charge in [-0.05, 0) is 31.1 Å². The Morgan fingerprint density at radius 2 is 1.57 bits per heavy atom. The molecule has 0 aromatic rings. The summed E-state index contributed by atoms with van der Waals surface area (Å²) >= 11 is 0. The molecule has 2 rings (SSSR count). The number of aliphatic carboxylic acids is 1. The highest BCUT2D eigenvalue weighted by molar-refractivity contribution is 5.77. The van der Waals surface area contributed by atoms with Crippen LogP contribution in [0, 0.1) is 10.8 Å². The van der Waals surface area contributed by atoms with Gasteiger partial charge >= 0.3 is 5.97 Å². The lowest BCUT2D eigenvalue weighted by Gasteiger charge is -2.53. The van der Waals surface area contributed by atoms with Crippen LogP contribution in [0.15, 0.2) is 0 Å². The van der Waals surface area contributed by atoms with Crippen molar-refractivity contribution in [2.75, 3.05) is 0 Å². The van der Waals surface area contributed by atoms with Crippen LogP contribution in [0.3, 0.4) is 0 Å². The maximum atomic E-state index is 11.4. The number of carboxylic acids is 1. The number of carbonyl (C=O) groups is 1. The first-order valence-corrected chi connectivity index (χ1v) is 5.84. The highest BCUT2D eigenvalue weighted by Gasteiger charge is 2.57. The second-order valence-electron chi connectivity index (χ2n) is 5.36. The van der Waals surface area contributed by atoms with E-state index in [0.717, 1.165) is 32.1 Å². The average molecular weight is 196 g/mol. The molecule has 0 amide bonds. The van der Waals surface area contributed by atoms with E-state index in [0.29, 0.717) is 0 Å². The average Bonchev–Trinajstić information content (AvgIpc) is 2.01. The Kier molecular flexibility index (Phi) is 2.32. The second-order valence-corrected chi connectivity index (χ2v) is 5.36. The minimum absolute atomic E-state index is 0.0926. The summed E-state index contributed by atoms with van der Waals surface area (Å²) in [6.07, 6.45) is 8.94. The van der Waals surface area contributed by atoms with Gasteiger partial charge in [-0.15, -0.1) is 0 Å². The van der Waals surface area contributed by atoms with Crippen LogP contribution in [0.4, 0.5) is 0 Å². The summed E-state index contributed by atoms with van der Waals surface area (Å²) < 4.78 is 0. The fourth-order valence-electron chi connectivity index (χ4n) is 3.42. The van der Waals surface area contributed by atoms with Crippen molar-refractivity contribution in [3.63, 3.8) is 0 Å². The SMILES string of the molecule is CC1(C2(C(=O)O)CCC2)CCCCC1. The quantitative estimate of drug-likeness (QED) is 0.736. The van der Waals surface area contributed by atoms with Crippen LogP contribution in [-0.4, -0.2) is 11.1 Å². The van der Waals surface area contributed by atoms with E-state index in [1.54, 1.807) is 0 Å². The maximum Gasteiger partial charge on any atom is 0.310 e. The first kappa shape index (κ1) is 10.0. The zero-order valence-electron chi connectivity index (χ0n) is 9.01. The Morgan fingerprint density at radius 1 is 1.00 bits per heavy atom. The molecule has 0 heterocycles. The first-order valence-electron chi connectivity index (χ1n) is 5.84. The molecule has 0 aromatic carbocycles. The lowest BCUT2D eigenvalue weighted by Crippen LogP contribution is -2.51. The smallest absolute Gasteiger partial charge is 0.310 e. The summed E-state index contributed by atoms with van der Waals surface area (Å²) in [5.41, 5.74) is -0.261. The standard InChI is InChI=1S/C12H20O2/c1-11(6-3-2-4-7-11)12(10(13)14)8-5-9-12/h2-9H2,1H3,(H,13,14). The lowest BCUT2D eigenvalue weighted by molar-refractivity contribution is -0.170. The van der Waals surface area contributed by atoms with E-state index in [1.165, 1.54) is 19.3 Å². The number of hydrogen-bond acceptors (Lipinski definition) is 1. The largest absolute Gasteiger partial charge is 0.481 e. The molecule has 2 heteroatoms. The third-order valence-electron chi connectivity index (χ3n) is 4.73. The zero-order valence-corrected chi connectivity index (χ0v) is 9.01. The summed E-state index contributed by atoms with van der Waals surface area (Å²) in [5.74, 6) is -0.534. The minimum atomic E-state index is -0.534. The molecule has 0 unspecified atom stereocenters. The predicted molar refractivity (Wildman–Crippen MR) is 55.1 cm³/mol. The molecule has 0 bridgehead atoms. The van der Waals surface area contributed by atoms with Gasteiger partial charge in [-0.1, -0.05) is 32.6 Å². The molecule has 80 valence electrons. The van der Waals surface area contributed by atoms with Gasteiger partial charge in [0.1, 0.15) is 0 Å². The zero-order chi connectivity index (χ0) is 10.2. The van der Waals surface area contributed by atoms with E-state index in [4.69, 9.17) is 0 Å². The van der Waals surface area contributed by atoms with Crippen LogP contribution in [-0.2, 0) is 4.79 Å². The van der Waals surface area contributed by atoms with E-state index in [-0.39, 0.29) is 10.8 Å². The van der Waals surface area contributed by atoms with Gasteiger partial charge in [-0.25, -0.2) is 0 Å². The number of hydrogen-bond donors (Lipinski definition) is 1. The van der Waals surface area contributed by atoms with Crippen molar-refractivity contribution in [2.45, 2.75) is 58.3 Å². The third kappa shape index (κ3) is 1.19. The lowest BCUT2D eigenvalue weighted by atomic mass is 9.50. The van der Waals surface area contributed by atoms with Crippen molar-refractivity contribution in [1.29, 1.82) is 0 Å². The maximum absolute atomic E-state index is 11.4. The fraction of sp³-hybridized carbons (Fsp3) is 0.917. The molecule has 0 radical (unpaired) electrons. The summed E-state index contributed by atoms with van der Waals surface area (Å²) in [5, 5.41) is 9.40. The molecule has 2 aliphatic rings. The molecular formula is C12H20O2. The van der Waals surface area contributed by atoms with Gasteiger partial charge in [-0.3, -0.25) is 4.79 Å².